The van der Waals surface area contributed by atoms with Gasteiger partial charge in [0.1, 0.15) is 11.5 Å². The smallest absolute Gasteiger partial charge is 0.122 e. The lowest BCUT2D eigenvalue weighted by atomic mass is 10.2. The second kappa shape index (κ2) is 3.75. The molecule has 1 aromatic heterocycles. The van der Waals surface area contributed by atoms with Crippen molar-refractivity contribution < 1.29 is 4.42 Å². The first-order valence-corrected chi connectivity index (χ1v) is 5.20. The molecule has 1 unspecified atom stereocenters. The topological polar surface area (TPSA) is 42.4 Å². The molecule has 2 N–H and O–H groups in total. The van der Waals surface area contributed by atoms with E-state index in [1.165, 1.54) is 12.8 Å². The summed E-state index contributed by atoms with van der Waals surface area (Å²) in [6.45, 7) is 2.59. The van der Waals surface area contributed by atoms with E-state index in [0.717, 1.165) is 11.5 Å². The minimum atomic E-state index is 0.246. The van der Waals surface area contributed by atoms with E-state index >= 15 is 0 Å². The molecular formula is C11H18N2O. The first-order chi connectivity index (χ1) is 6.72. The summed E-state index contributed by atoms with van der Waals surface area (Å²) in [6.07, 6.45) is 2.60. The Labute approximate surface area is 84.9 Å². The summed E-state index contributed by atoms with van der Waals surface area (Å²) >= 11 is 0. The summed E-state index contributed by atoms with van der Waals surface area (Å²) in [6, 6.07) is 5.00. The quantitative estimate of drug-likeness (QED) is 0.793. The number of hydrogen-bond donors (Lipinski definition) is 1. The molecule has 1 saturated carbocycles. The maximum Gasteiger partial charge on any atom is 0.122 e. The summed E-state index contributed by atoms with van der Waals surface area (Å²) in [5.74, 6) is 1.96. The third kappa shape index (κ3) is 1.83. The molecule has 0 amide bonds. The van der Waals surface area contributed by atoms with Gasteiger partial charge in [0.05, 0.1) is 6.04 Å². The molecule has 0 aromatic carbocycles. The lowest BCUT2D eigenvalue weighted by Crippen LogP contribution is -2.31. The van der Waals surface area contributed by atoms with Crippen LogP contribution >= 0.6 is 0 Å². The van der Waals surface area contributed by atoms with Gasteiger partial charge in [0.2, 0.25) is 0 Å². The van der Waals surface area contributed by atoms with Crippen LogP contribution in [0.5, 0.6) is 0 Å². The van der Waals surface area contributed by atoms with E-state index in [2.05, 4.69) is 11.9 Å². The number of furan rings is 1. The van der Waals surface area contributed by atoms with Crippen molar-refractivity contribution in [2.75, 3.05) is 13.6 Å². The third-order valence-corrected chi connectivity index (χ3v) is 2.93. The lowest BCUT2D eigenvalue weighted by molar-refractivity contribution is 0.210. The molecule has 3 heteroatoms. The average Bonchev–Trinajstić information content (AvgIpc) is 2.92. The van der Waals surface area contributed by atoms with Crippen molar-refractivity contribution in [3.05, 3.63) is 23.7 Å². The van der Waals surface area contributed by atoms with Gasteiger partial charge in [0, 0.05) is 12.6 Å². The highest BCUT2D eigenvalue weighted by Crippen LogP contribution is 2.32. The molecule has 3 nitrogen and oxygen atoms in total. The molecule has 0 saturated heterocycles. The Morgan fingerprint density at radius 3 is 2.71 bits per heavy atom. The second-order valence-electron chi connectivity index (χ2n) is 4.10. The number of likely N-dealkylation sites (N-methyl/N-ethyl adjacent to an activating group) is 1. The summed E-state index contributed by atoms with van der Waals surface area (Å²) in [5, 5.41) is 0. The third-order valence-electron chi connectivity index (χ3n) is 2.93. The molecule has 0 spiro atoms. The van der Waals surface area contributed by atoms with E-state index in [4.69, 9.17) is 10.2 Å². The van der Waals surface area contributed by atoms with Crippen LogP contribution in [0.2, 0.25) is 0 Å². The number of nitrogens with zero attached hydrogens (tertiary/aromatic N) is 1. The van der Waals surface area contributed by atoms with Crippen LogP contribution in [0, 0.1) is 6.92 Å². The summed E-state index contributed by atoms with van der Waals surface area (Å²) in [7, 11) is 2.13. The molecule has 1 aliphatic rings. The van der Waals surface area contributed by atoms with Crippen molar-refractivity contribution in [2.24, 2.45) is 5.73 Å². The van der Waals surface area contributed by atoms with Crippen LogP contribution in [0.4, 0.5) is 0 Å². The second-order valence-corrected chi connectivity index (χ2v) is 4.10. The van der Waals surface area contributed by atoms with Gasteiger partial charge >= 0.3 is 0 Å². The van der Waals surface area contributed by atoms with Crippen molar-refractivity contribution in [3.8, 4) is 0 Å². The van der Waals surface area contributed by atoms with Crippen LogP contribution in [0.3, 0.4) is 0 Å². The Morgan fingerprint density at radius 2 is 2.29 bits per heavy atom. The Morgan fingerprint density at radius 1 is 1.57 bits per heavy atom. The zero-order chi connectivity index (χ0) is 10.1. The molecule has 14 heavy (non-hydrogen) atoms. The Kier molecular flexibility index (Phi) is 2.61. The lowest BCUT2D eigenvalue weighted by Gasteiger charge is -2.24. The van der Waals surface area contributed by atoms with Gasteiger partial charge in [-0.2, -0.15) is 0 Å². The van der Waals surface area contributed by atoms with Crippen molar-refractivity contribution in [1.82, 2.24) is 4.90 Å². The molecule has 1 atom stereocenters. The standard InChI is InChI=1S/C11H18N2O/c1-8-3-6-11(14-8)10(7-12)13(2)9-4-5-9/h3,6,9-10H,4-5,7,12H2,1-2H3. The monoisotopic (exact) mass is 194 g/mol. The fraction of sp³-hybridized carbons (Fsp3) is 0.636. The SMILES string of the molecule is Cc1ccc(C(CN)N(C)C2CC2)o1. The van der Waals surface area contributed by atoms with Gasteiger partial charge in [-0.05, 0) is 38.9 Å². The highest BCUT2D eigenvalue weighted by Gasteiger charge is 2.32. The molecule has 78 valence electrons. The van der Waals surface area contributed by atoms with E-state index in [1.54, 1.807) is 0 Å². The molecule has 1 fully saturated rings. The molecule has 1 aromatic rings. The van der Waals surface area contributed by atoms with E-state index < -0.39 is 0 Å². The van der Waals surface area contributed by atoms with E-state index in [9.17, 15) is 0 Å². The number of hydrogen-bond acceptors (Lipinski definition) is 3. The number of aryl methyl sites for hydroxylation is 1. The molecule has 1 heterocycles. The molecule has 0 aliphatic heterocycles. The van der Waals surface area contributed by atoms with Crippen LogP contribution in [0.25, 0.3) is 0 Å². The van der Waals surface area contributed by atoms with Gasteiger partial charge in [-0.1, -0.05) is 0 Å². The molecule has 2 rings (SSSR count). The van der Waals surface area contributed by atoms with Crippen LogP contribution in [-0.4, -0.2) is 24.5 Å². The fourth-order valence-corrected chi connectivity index (χ4v) is 1.85. The van der Waals surface area contributed by atoms with Crippen LogP contribution < -0.4 is 5.73 Å². The Bertz CT molecular complexity index is 304. The predicted octanol–water partition coefficient (Wildman–Crippen LogP) is 1.68. The van der Waals surface area contributed by atoms with Crippen molar-refractivity contribution >= 4 is 0 Å². The van der Waals surface area contributed by atoms with Crippen molar-refractivity contribution in [1.29, 1.82) is 0 Å². The summed E-state index contributed by atoms with van der Waals surface area (Å²) < 4.78 is 5.61. The normalized spacial score (nSPS) is 18.9. The van der Waals surface area contributed by atoms with E-state index in [1.807, 2.05) is 19.1 Å². The van der Waals surface area contributed by atoms with Crippen molar-refractivity contribution in [3.63, 3.8) is 0 Å². The minimum Gasteiger partial charge on any atom is -0.465 e. The van der Waals surface area contributed by atoms with Gasteiger partial charge in [-0.25, -0.2) is 0 Å². The van der Waals surface area contributed by atoms with Crippen molar-refractivity contribution in [2.45, 2.75) is 31.8 Å². The van der Waals surface area contributed by atoms with Gasteiger partial charge in [-0.15, -0.1) is 0 Å². The number of rotatable bonds is 4. The zero-order valence-corrected chi connectivity index (χ0v) is 8.86. The van der Waals surface area contributed by atoms with Gasteiger partial charge < -0.3 is 10.2 Å². The fourth-order valence-electron chi connectivity index (χ4n) is 1.85. The minimum absolute atomic E-state index is 0.246. The highest BCUT2D eigenvalue weighted by atomic mass is 16.3. The Balaban J connectivity index is 2.11. The summed E-state index contributed by atoms with van der Waals surface area (Å²) in [4.78, 5) is 2.33. The zero-order valence-electron chi connectivity index (χ0n) is 8.86. The largest absolute Gasteiger partial charge is 0.465 e. The van der Waals surface area contributed by atoms with E-state index in [-0.39, 0.29) is 6.04 Å². The predicted molar refractivity (Wildman–Crippen MR) is 56.0 cm³/mol. The first kappa shape index (κ1) is 9.74. The molecule has 0 bridgehead atoms. The maximum atomic E-state index is 5.78. The first-order valence-electron chi connectivity index (χ1n) is 5.20. The van der Waals surface area contributed by atoms with Gasteiger partial charge in [-0.3, -0.25) is 4.90 Å². The van der Waals surface area contributed by atoms with Crippen LogP contribution in [0.15, 0.2) is 16.5 Å². The maximum absolute atomic E-state index is 5.78. The van der Waals surface area contributed by atoms with Crippen LogP contribution in [0.1, 0.15) is 30.4 Å². The molecule has 0 radical (unpaired) electrons. The molecule has 1 aliphatic carbocycles. The average molecular weight is 194 g/mol. The van der Waals surface area contributed by atoms with Gasteiger partial charge in [0.25, 0.3) is 0 Å². The van der Waals surface area contributed by atoms with Gasteiger partial charge in [0.15, 0.2) is 0 Å². The van der Waals surface area contributed by atoms with Crippen LogP contribution in [-0.2, 0) is 0 Å². The number of nitrogens with two attached hydrogens (primary N) is 1. The van der Waals surface area contributed by atoms with E-state index in [0.29, 0.717) is 12.6 Å². The summed E-state index contributed by atoms with van der Waals surface area (Å²) in [5.41, 5.74) is 5.78. The Hall–Kier alpha value is -0.800. The molecular weight excluding hydrogens is 176 g/mol. The highest BCUT2D eigenvalue weighted by molar-refractivity contribution is 5.11.